The predicted octanol–water partition coefficient (Wildman–Crippen LogP) is 4.36. The number of carbonyl (C=O) groups excluding carboxylic acids is 2. The van der Waals surface area contributed by atoms with E-state index < -0.39 is 0 Å². The molecule has 0 saturated heterocycles. The van der Waals surface area contributed by atoms with Gasteiger partial charge >= 0.3 is 0 Å². The molecule has 0 aliphatic heterocycles. The highest BCUT2D eigenvalue weighted by atomic mass is 32.1. The first kappa shape index (κ1) is 18.0. The summed E-state index contributed by atoms with van der Waals surface area (Å²) in [5.74, 6) is -0.332. The summed E-state index contributed by atoms with van der Waals surface area (Å²) in [7, 11) is 1.59. The number of thiophene rings is 1. The van der Waals surface area contributed by atoms with E-state index in [2.05, 4.69) is 22.8 Å². The van der Waals surface area contributed by atoms with Crippen molar-refractivity contribution >= 4 is 39.1 Å². The molecule has 2 N–H and O–H groups in total. The van der Waals surface area contributed by atoms with Crippen molar-refractivity contribution in [3.05, 3.63) is 88.9 Å². The van der Waals surface area contributed by atoms with E-state index in [-0.39, 0.29) is 11.8 Å². The van der Waals surface area contributed by atoms with Gasteiger partial charge in [0.05, 0.1) is 10.2 Å². The Labute approximate surface area is 166 Å². The van der Waals surface area contributed by atoms with Crippen LogP contribution in [0.3, 0.4) is 0 Å². The first-order chi connectivity index (χ1) is 13.7. The molecular formula is C22H19N3O2S. The predicted molar refractivity (Wildman–Crippen MR) is 113 cm³/mol. The molecule has 0 bridgehead atoms. The topological polar surface area (TPSA) is 63.1 Å². The summed E-state index contributed by atoms with van der Waals surface area (Å²) in [5, 5.41) is 7.55. The van der Waals surface area contributed by atoms with Gasteiger partial charge in [0, 0.05) is 24.8 Å². The molecule has 5 nitrogen and oxygen atoms in total. The lowest BCUT2D eigenvalue weighted by molar-refractivity contribution is 0.0962. The number of rotatable bonds is 5. The van der Waals surface area contributed by atoms with Gasteiger partial charge in [-0.05, 0) is 47.3 Å². The molecule has 0 atom stereocenters. The Hall–Kier alpha value is -3.38. The van der Waals surface area contributed by atoms with Gasteiger partial charge in [-0.15, -0.1) is 11.3 Å². The second-order valence-electron chi connectivity index (χ2n) is 6.38. The van der Waals surface area contributed by atoms with Crippen LogP contribution in [-0.2, 0) is 6.54 Å². The summed E-state index contributed by atoms with van der Waals surface area (Å²) in [6, 6.07) is 20.9. The highest BCUT2D eigenvalue weighted by Gasteiger charge is 2.17. The Balaban J connectivity index is 1.61. The molecule has 2 heterocycles. The van der Waals surface area contributed by atoms with Crippen LogP contribution in [0.1, 0.15) is 26.4 Å². The van der Waals surface area contributed by atoms with Crippen molar-refractivity contribution in [3.63, 3.8) is 0 Å². The van der Waals surface area contributed by atoms with Crippen LogP contribution in [0, 0.1) is 0 Å². The average molecular weight is 389 g/mol. The van der Waals surface area contributed by atoms with Crippen molar-refractivity contribution in [1.82, 2.24) is 9.88 Å². The quantitative estimate of drug-likeness (QED) is 0.533. The molecule has 2 aromatic heterocycles. The minimum atomic E-state index is -0.174. The number of anilines is 1. The van der Waals surface area contributed by atoms with Gasteiger partial charge in [0.25, 0.3) is 11.8 Å². The zero-order valence-electron chi connectivity index (χ0n) is 15.3. The van der Waals surface area contributed by atoms with Crippen molar-refractivity contribution < 1.29 is 9.59 Å². The number of carbonyl (C=O) groups is 2. The lowest BCUT2D eigenvalue weighted by Gasteiger charge is -2.11. The van der Waals surface area contributed by atoms with E-state index in [4.69, 9.17) is 0 Å². The highest BCUT2D eigenvalue weighted by Crippen LogP contribution is 2.27. The average Bonchev–Trinajstić information content (AvgIpc) is 3.31. The van der Waals surface area contributed by atoms with Gasteiger partial charge in [-0.3, -0.25) is 9.59 Å². The maximum absolute atomic E-state index is 13.0. The summed E-state index contributed by atoms with van der Waals surface area (Å²) in [6.45, 7) is 0.624. The van der Waals surface area contributed by atoms with E-state index in [0.29, 0.717) is 23.5 Å². The third-order valence-corrected chi connectivity index (χ3v) is 5.42. The summed E-state index contributed by atoms with van der Waals surface area (Å²) >= 11 is 1.62. The number of benzene rings is 2. The molecule has 0 aliphatic rings. The van der Waals surface area contributed by atoms with E-state index in [0.717, 1.165) is 15.8 Å². The van der Waals surface area contributed by atoms with E-state index in [9.17, 15) is 9.59 Å². The molecule has 0 aliphatic carbocycles. The Morgan fingerprint density at radius 1 is 0.964 bits per heavy atom. The molecule has 4 rings (SSSR count). The van der Waals surface area contributed by atoms with Gasteiger partial charge in [-0.25, -0.2) is 0 Å². The summed E-state index contributed by atoms with van der Waals surface area (Å²) in [4.78, 5) is 24.6. The molecule has 0 saturated carbocycles. The molecule has 140 valence electrons. The molecule has 0 spiro atoms. The van der Waals surface area contributed by atoms with Crippen LogP contribution in [0.25, 0.3) is 10.2 Å². The normalized spacial score (nSPS) is 10.8. The number of fused-ring (bicyclic) bond motifs is 1. The number of hydrogen-bond donors (Lipinski definition) is 2. The molecule has 6 heteroatoms. The number of hydrogen-bond acceptors (Lipinski definition) is 3. The molecular weight excluding hydrogens is 370 g/mol. The van der Waals surface area contributed by atoms with Crippen molar-refractivity contribution in [2.45, 2.75) is 6.54 Å². The Morgan fingerprint density at radius 3 is 2.43 bits per heavy atom. The van der Waals surface area contributed by atoms with Crippen molar-refractivity contribution in [2.24, 2.45) is 0 Å². The van der Waals surface area contributed by atoms with Crippen LogP contribution in [-0.4, -0.2) is 23.4 Å². The second-order valence-corrected chi connectivity index (χ2v) is 7.33. The van der Waals surface area contributed by atoms with Gasteiger partial charge in [-0.1, -0.05) is 30.3 Å². The summed E-state index contributed by atoms with van der Waals surface area (Å²) in [5.41, 5.74) is 3.99. The van der Waals surface area contributed by atoms with Crippen molar-refractivity contribution in [2.75, 3.05) is 12.4 Å². The molecule has 28 heavy (non-hydrogen) atoms. The van der Waals surface area contributed by atoms with Crippen LogP contribution in [0.4, 0.5) is 5.69 Å². The number of aromatic nitrogens is 1. The summed E-state index contributed by atoms with van der Waals surface area (Å²) in [6.07, 6.45) is 0. The van der Waals surface area contributed by atoms with E-state index in [1.165, 1.54) is 0 Å². The van der Waals surface area contributed by atoms with Crippen LogP contribution in [0.5, 0.6) is 0 Å². The monoisotopic (exact) mass is 389 g/mol. The van der Waals surface area contributed by atoms with E-state index >= 15 is 0 Å². The van der Waals surface area contributed by atoms with Crippen molar-refractivity contribution in [1.29, 1.82) is 0 Å². The third-order valence-electron chi connectivity index (χ3n) is 4.57. The zero-order valence-corrected chi connectivity index (χ0v) is 16.1. The third kappa shape index (κ3) is 3.54. The minimum Gasteiger partial charge on any atom is -0.355 e. The highest BCUT2D eigenvalue weighted by molar-refractivity contribution is 7.17. The van der Waals surface area contributed by atoms with Crippen LogP contribution >= 0.6 is 11.3 Å². The maximum Gasteiger partial charge on any atom is 0.272 e. The van der Waals surface area contributed by atoms with Gasteiger partial charge in [0.2, 0.25) is 0 Å². The first-order valence-electron chi connectivity index (χ1n) is 8.90. The van der Waals surface area contributed by atoms with Crippen LogP contribution in [0.2, 0.25) is 0 Å². The Morgan fingerprint density at radius 2 is 1.71 bits per heavy atom. The lowest BCUT2D eigenvalue weighted by atomic mass is 10.2. The number of amides is 2. The fourth-order valence-electron chi connectivity index (χ4n) is 3.15. The molecule has 0 unspecified atom stereocenters. The van der Waals surface area contributed by atoms with Gasteiger partial charge in [0.1, 0.15) is 5.69 Å². The number of nitrogens with one attached hydrogen (secondary N) is 2. The zero-order chi connectivity index (χ0) is 19.5. The smallest absolute Gasteiger partial charge is 0.272 e. The first-order valence-corrected chi connectivity index (χ1v) is 9.78. The lowest BCUT2D eigenvalue weighted by Crippen LogP contribution is -2.19. The molecule has 2 amide bonds. The van der Waals surface area contributed by atoms with Crippen LogP contribution in [0.15, 0.2) is 72.1 Å². The van der Waals surface area contributed by atoms with Gasteiger partial charge in [-0.2, -0.15) is 0 Å². The maximum atomic E-state index is 13.0. The van der Waals surface area contributed by atoms with E-state index in [1.807, 2.05) is 40.3 Å². The summed E-state index contributed by atoms with van der Waals surface area (Å²) < 4.78 is 3.12. The van der Waals surface area contributed by atoms with Crippen molar-refractivity contribution in [3.8, 4) is 0 Å². The van der Waals surface area contributed by atoms with E-state index in [1.54, 1.807) is 42.6 Å². The Kier molecular flexibility index (Phi) is 4.95. The largest absolute Gasteiger partial charge is 0.355 e. The fourth-order valence-corrected chi connectivity index (χ4v) is 3.97. The SMILES string of the molecule is CNC(=O)c1ccc(NC(=O)c2cc3sccc3n2Cc2ccccc2)cc1. The number of nitrogens with zero attached hydrogens (tertiary/aromatic N) is 1. The second kappa shape index (κ2) is 7.70. The molecule has 4 aromatic rings. The molecule has 0 fully saturated rings. The standard InChI is InChI=1S/C22H19N3O2S/c1-23-21(26)16-7-9-17(10-8-16)24-22(27)19-13-20-18(11-12-28-20)25(19)14-15-5-3-2-4-6-15/h2-13H,14H2,1H3,(H,23,26)(H,24,27). The Bertz CT molecular complexity index is 1130. The van der Waals surface area contributed by atoms with Gasteiger partial charge in [0.15, 0.2) is 0 Å². The van der Waals surface area contributed by atoms with Crippen LogP contribution < -0.4 is 10.6 Å². The fraction of sp³-hybridized carbons (Fsp3) is 0.0909. The molecule has 2 aromatic carbocycles. The minimum absolute atomic E-state index is 0.158. The molecule has 0 radical (unpaired) electrons. The van der Waals surface area contributed by atoms with Gasteiger partial charge < -0.3 is 15.2 Å².